The summed E-state index contributed by atoms with van der Waals surface area (Å²) >= 11 is 0. The van der Waals surface area contributed by atoms with Gasteiger partial charge in [0.25, 0.3) is 0 Å². The van der Waals surface area contributed by atoms with Gasteiger partial charge < -0.3 is 9.72 Å². The molecule has 2 rings (SSSR count). The first-order valence-corrected chi connectivity index (χ1v) is 5.58. The van der Waals surface area contributed by atoms with Gasteiger partial charge in [0.15, 0.2) is 0 Å². The van der Waals surface area contributed by atoms with E-state index in [9.17, 15) is 4.79 Å². The summed E-state index contributed by atoms with van der Waals surface area (Å²) < 4.78 is 4.68. The first-order chi connectivity index (χ1) is 8.70. The summed E-state index contributed by atoms with van der Waals surface area (Å²) in [5.74, 6) is 0.415. The van der Waals surface area contributed by atoms with Gasteiger partial charge in [-0.05, 0) is 12.5 Å². The van der Waals surface area contributed by atoms with Crippen LogP contribution in [0.2, 0.25) is 0 Å². The Hall–Kier alpha value is -2.36. The fourth-order valence-electron chi connectivity index (χ4n) is 1.67. The van der Waals surface area contributed by atoms with E-state index >= 15 is 0 Å². The van der Waals surface area contributed by atoms with Crippen molar-refractivity contribution in [2.75, 3.05) is 7.11 Å². The number of imidazole rings is 1. The van der Waals surface area contributed by atoms with Crippen molar-refractivity contribution in [3.05, 3.63) is 59.7 Å². The van der Waals surface area contributed by atoms with Gasteiger partial charge in [-0.1, -0.05) is 30.3 Å². The van der Waals surface area contributed by atoms with Crippen LogP contribution in [0, 0.1) is 6.92 Å². The van der Waals surface area contributed by atoms with Crippen molar-refractivity contribution in [1.82, 2.24) is 9.97 Å². The van der Waals surface area contributed by atoms with Gasteiger partial charge >= 0.3 is 5.97 Å². The van der Waals surface area contributed by atoms with Crippen LogP contribution in [0.25, 0.3) is 5.57 Å². The number of aromatic nitrogens is 2. The first kappa shape index (κ1) is 12.1. The molecule has 0 bridgehead atoms. The fourth-order valence-corrected chi connectivity index (χ4v) is 1.67. The Balaban J connectivity index is 2.48. The molecule has 0 aliphatic rings. The van der Waals surface area contributed by atoms with Crippen LogP contribution in [-0.2, 0) is 9.53 Å². The van der Waals surface area contributed by atoms with Crippen LogP contribution in [0.1, 0.15) is 17.1 Å². The quantitative estimate of drug-likeness (QED) is 0.663. The van der Waals surface area contributed by atoms with Crippen LogP contribution in [0.4, 0.5) is 0 Å². The van der Waals surface area contributed by atoms with Crippen LogP contribution in [-0.4, -0.2) is 23.0 Å². The van der Waals surface area contributed by atoms with E-state index in [1.165, 1.54) is 13.2 Å². The minimum Gasteiger partial charge on any atom is -0.466 e. The Morgan fingerprint density at radius 2 is 2.06 bits per heavy atom. The minimum absolute atomic E-state index is 0.388. The zero-order valence-electron chi connectivity index (χ0n) is 10.3. The number of carbonyl (C=O) groups excluding carboxylic acids is 1. The summed E-state index contributed by atoms with van der Waals surface area (Å²) in [7, 11) is 1.36. The lowest BCUT2D eigenvalue weighted by Crippen LogP contribution is -1.98. The van der Waals surface area contributed by atoms with E-state index < -0.39 is 0 Å². The van der Waals surface area contributed by atoms with Gasteiger partial charge in [-0.25, -0.2) is 9.78 Å². The Morgan fingerprint density at radius 1 is 1.33 bits per heavy atom. The van der Waals surface area contributed by atoms with Crippen molar-refractivity contribution in [2.24, 2.45) is 0 Å². The molecule has 0 unspecified atom stereocenters. The molecule has 0 aliphatic carbocycles. The summed E-state index contributed by atoms with van der Waals surface area (Å²) in [6.45, 7) is 1.87. The van der Waals surface area contributed by atoms with Crippen LogP contribution < -0.4 is 0 Å². The van der Waals surface area contributed by atoms with Crippen molar-refractivity contribution < 1.29 is 9.53 Å². The largest absolute Gasteiger partial charge is 0.466 e. The van der Waals surface area contributed by atoms with Gasteiger partial charge in [0, 0.05) is 11.6 Å². The highest BCUT2D eigenvalue weighted by molar-refractivity contribution is 5.95. The lowest BCUT2D eigenvalue weighted by molar-refractivity contribution is -0.134. The molecule has 0 saturated heterocycles. The number of benzene rings is 1. The van der Waals surface area contributed by atoms with Gasteiger partial charge in [0.1, 0.15) is 5.82 Å². The highest BCUT2D eigenvalue weighted by Gasteiger charge is 2.09. The molecular weight excluding hydrogens is 228 g/mol. The number of rotatable bonds is 3. The van der Waals surface area contributed by atoms with Gasteiger partial charge in [-0.2, -0.15) is 0 Å². The van der Waals surface area contributed by atoms with E-state index in [0.29, 0.717) is 0 Å². The number of aryl methyl sites for hydroxylation is 1. The number of hydrogen-bond acceptors (Lipinski definition) is 3. The summed E-state index contributed by atoms with van der Waals surface area (Å²) in [5.41, 5.74) is 2.50. The summed E-state index contributed by atoms with van der Waals surface area (Å²) in [6.07, 6.45) is 3.17. The molecule has 1 aromatic heterocycles. The second kappa shape index (κ2) is 5.31. The Kier molecular flexibility index (Phi) is 3.57. The molecular formula is C14H14N2O2. The number of aromatic amines is 1. The normalized spacial score (nSPS) is 11.3. The molecule has 2 aromatic rings. The molecule has 18 heavy (non-hydrogen) atoms. The van der Waals surface area contributed by atoms with Crippen LogP contribution >= 0.6 is 0 Å². The maximum absolute atomic E-state index is 11.4. The average molecular weight is 242 g/mol. The predicted octanol–water partition coefficient (Wildman–Crippen LogP) is 2.32. The summed E-state index contributed by atoms with van der Waals surface area (Å²) in [4.78, 5) is 18.7. The number of H-pyrrole nitrogens is 1. The van der Waals surface area contributed by atoms with Gasteiger partial charge in [0.2, 0.25) is 0 Å². The third-order valence-electron chi connectivity index (χ3n) is 2.54. The molecule has 92 valence electrons. The monoisotopic (exact) mass is 242 g/mol. The molecule has 0 spiro atoms. The standard InChI is InChI=1S/C14H14N2O2/c1-10-15-9-13(16-10)12(8-14(17)18-2)11-6-4-3-5-7-11/h3-9H,1-2H3,(H,15,16)/b12-8-. The number of methoxy groups -OCH3 is 1. The van der Waals surface area contributed by atoms with E-state index in [0.717, 1.165) is 22.7 Å². The van der Waals surface area contributed by atoms with Crippen molar-refractivity contribution in [3.8, 4) is 0 Å². The van der Waals surface area contributed by atoms with Crippen molar-refractivity contribution in [2.45, 2.75) is 6.92 Å². The van der Waals surface area contributed by atoms with E-state index in [2.05, 4.69) is 14.7 Å². The maximum atomic E-state index is 11.4. The minimum atomic E-state index is -0.388. The van der Waals surface area contributed by atoms with Gasteiger partial charge in [-0.15, -0.1) is 0 Å². The van der Waals surface area contributed by atoms with Crippen LogP contribution in [0.5, 0.6) is 0 Å². The van der Waals surface area contributed by atoms with Crippen LogP contribution in [0.15, 0.2) is 42.6 Å². The molecule has 0 aliphatic heterocycles. The molecule has 0 fully saturated rings. The third-order valence-corrected chi connectivity index (χ3v) is 2.54. The molecule has 1 N–H and O–H groups in total. The first-order valence-electron chi connectivity index (χ1n) is 5.58. The number of nitrogens with zero attached hydrogens (tertiary/aromatic N) is 1. The van der Waals surface area contributed by atoms with Crippen molar-refractivity contribution >= 4 is 11.5 Å². The number of esters is 1. The van der Waals surface area contributed by atoms with Crippen molar-refractivity contribution in [3.63, 3.8) is 0 Å². The van der Waals surface area contributed by atoms with Gasteiger partial charge in [-0.3, -0.25) is 0 Å². The summed E-state index contributed by atoms with van der Waals surface area (Å²) in [6, 6.07) is 9.64. The lowest BCUT2D eigenvalue weighted by Gasteiger charge is -2.05. The molecule has 0 saturated carbocycles. The number of ether oxygens (including phenoxy) is 1. The highest BCUT2D eigenvalue weighted by atomic mass is 16.5. The smallest absolute Gasteiger partial charge is 0.331 e. The topological polar surface area (TPSA) is 55.0 Å². The Morgan fingerprint density at radius 3 is 2.61 bits per heavy atom. The second-order valence-corrected chi connectivity index (χ2v) is 3.83. The Labute approximate surface area is 105 Å². The number of hydrogen-bond donors (Lipinski definition) is 1. The van der Waals surface area contributed by atoms with Crippen LogP contribution in [0.3, 0.4) is 0 Å². The second-order valence-electron chi connectivity index (χ2n) is 3.83. The Bertz CT molecular complexity index is 570. The molecule has 4 heteroatoms. The number of carbonyl (C=O) groups is 1. The number of nitrogens with one attached hydrogen (secondary N) is 1. The molecule has 1 heterocycles. The van der Waals surface area contributed by atoms with E-state index in [-0.39, 0.29) is 5.97 Å². The lowest BCUT2D eigenvalue weighted by atomic mass is 10.0. The molecule has 1 aromatic carbocycles. The van der Waals surface area contributed by atoms with E-state index in [1.807, 2.05) is 37.3 Å². The van der Waals surface area contributed by atoms with Gasteiger partial charge in [0.05, 0.1) is 19.0 Å². The molecule has 0 radical (unpaired) electrons. The van der Waals surface area contributed by atoms with Crippen molar-refractivity contribution in [1.29, 1.82) is 0 Å². The molecule has 0 atom stereocenters. The molecule has 0 amide bonds. The maximum Gasteiger partial charge on any atom is 0.331 e. The zero-order chi connectivity index (χ0) is 13.0. The SMILES string of the molecule is COC(=O)/C=C(/c1ccccc1)c1cnc(C)[nH]1. The predicted molar refractivity (Wildman–Crippen MR) is 68.9 cm³/mol. The van der Waals surface area contributed by atoms with E-state index in [4.69, 9.17) is 0 Å². The zero-order valence-corrected chi connectivity index (χ0v) is 10.3. The third kappa shape index (κ3) is 2.66. The summed E-state index contributed by atoms with van der Waals surface area (Å²) in [5, 5.41) is 0. The fraction of sp³-hybridized carbons (Fsp3) is 0.143. The van der Waals surface area contributed by atoms with E-state index in [1.54, 1.807) is 6.20 Å². The average Bonchev–Trinajstić information content (AvgIpc) is 2.83. The molecule has 4 nitrogen and oxygen atoms in total. The highest BCUT2D eigenvalue weighted by Crippen LogP contribution is 2.21.